The summed E-state index contributed by atoms with van der Waals surface area (Å²) in [7, 11) is 0. The highest BCUT2D eigenvalue weighted by Crippen LogP contribution is 2.17. The maximum atomic E-state index is 13.9. The summed E-state index contributed by atoms with van der Waals surface area (Å²) in [6.45, 7) is 13.8. The number of aryl methyl sites for hydroxylation is 2. The number of ether oxygens (including phenoxy) is 5. The van der Waals surface area contributed by atoms with Crippen molar-refractivity contribution in [3.63, 3.8) is 0 Å². The molecule has 290 valence electrons. The van der Waals surface area contributed by atoms with E-state index in [1.54, 1.807) is 11.0 Å². The molecule has 2 aliphatic rings. The van der Waals surface area contributed by atoms with Crippen molar-refractivity contribution in [3.8, 4) is 0 Å². The normalized spacial score (nSPS) is 19.0. The van der Waals surface area contributed by atoms with E-state index < -0.39 is 0 Å². The molecule has 5 rings (SSSR count). The molecule has 2 amide bonds. The standard InChI is InChI=1S/C39H56N6O8/c1-4-34(38(47)40-33-11-6-5-8-30(33)2)43-14-20-52-26-24-50-18-12-42(13-19-51-25-27-53-21-15-43)28-35-41-37-31(3)9-7-10-32(37)39(48)45(35)29-36(46)44-16-22-49-23-17-44/h5-11,34H,4,12-29H2,1-3H3,(H,40,47)/t34-/m0/s1. The number of amides is 2. The molecule has 0 radical (unpaired) electrons. The molecule has 14 heteroatoms. The van der Waals surface area contributed by atoms with E-state index in [1.165, 1.54) is 4.57 Å². The van der Waals surface area contributed by atoms with Gasteiger partial charge in [0.05, 0.1) is 89.6 Å². The molecule has 1 atom stereocenters. The lowest BCUT2D eigenvalue weighted by molar-refractivity contribution is -0.136. The molecule has 3 heterocycles. The van der Waals surface area contributed by atoms with Crippen LogP contribution in [0.15, 0.2) is 47.3 Å². The fourth-order valence-corrected chi connectivity index (χ4v) is 6.59. The zero-order valence-corrected chi connectivity index (χ0v) is 31.6. The number of nitrogens with one attached hydrogen (secondary N) is 1. The molecule has 0 unspecified atom stereocenters. The highest BCUT2D eigenvalue weighted by atomic mass is 16.5. The summed E-state index contributed by atoms with van der Waals surface area (Å²) in [5, 5.41) is 3.59. The van der Waals surface area contributed by atoms with E-state index in [1.807, 2.05) is 57.2 Å². The van der Waals surface area contributed by atoms with Crippen molar-refractivity contribution < 1.29 is 33.3 Å². The minimum atomic E-state index is -0.333. The highest BCUT2D eigenvalue weighted by molar-refractivity contribution is 5.95. The molecule has 0 bridgehead atoms. The fraction of sp³-hybridized carbons (Fsp3) is 0.590. The van der Waals surface area contributed by atoms with Crippen LogP contribution in [0.5, 0.6) is 0 Å². The smallest absolute Gasteiger partial charge is 0.261 e. The van der Waals surface area contributed by atoms with E-state index in [0.717, 1.165) is 16.8 Å². The van der Waals surface area contributed by atoms with Gasteiger partial charge in [-0.15, -0.1) is 0 Å². The van der Waals surface area contributed by atoms with Gasteiger partial charge in [0.2, 0.25) is 11.8 Å². The Morgan fingerprint density at radius 1 is 0.736 bits per heavy atom. The van der Waals surface area contributed by atoms with E-state index >= 15 is 0 Å². The maximum Gasteiger partial charge on any atom is 0.261 e. The van der Waals surface area contributed by atoms with Crippen molar-refractivity contribution in [3.05, 3.63) is 69.8 Å². The Balaban J connectivity index is 1.21. The van der Waals surface area contributed by atoms with Crippen LogP contribution in [0.25, 0.3) is 10.9 Å². The second-order valence-corrected chi connectivity index (χ2v) is 13.4. The number of rotatable bonds is 8. The van der Waals surface area contributed by atoms with Crippen LogP contribution in [0, 0.1) is 13.8 Å². The first kappa shape index (κ1) is 40.4. The van der Waals surface area contributed by atoms with E-state index in [4.69, 9.17) is 28.7 Å². The van der Waals surface area contributed by atoms with Crippen molar-refractivity contribution in [1.82, 2.24) is 24.3 Å². The fourth-order valence-electron chi connectivity index (χ4n) is 6.59. The minimum absolute atomic E-state index is 0.0464. The van der Waals surface area contributed by atoms with Gasteiger partial charge in [-0.25, -0.2) is 4.98 Å². The van der Waals surface area contributed by atoms with Crippen LogP contribution in [-0.2, 0) is 46.4 Å². The Morgan fingerprint density at radius 2 is 1.30 bits per heavy atom. The van der Waals surface area contributed by atoms with Gasteiger partial charge in [0.25, 0.3) is 5.56 Å². The summed E-state index contributed by atoms with van der Waals surface area (Å²) < 4.78 is 30.8. The number of fused-ring (bicyclic) bond motifs is 1. The average molecular weight is 737 g/mol. The van der Waals surface area contributed by atoms with Crippen LogP contribution in [-0.4, -0.2) is 147 Å². The number of hydrogen-bond acceptors (Lipinski definition) is 11. The number of anilines is 1. The summed E-state index contributed by atoms with van der Waals surface area (Å²) in [6, 6.07) is 13.0. The molecule has 2 aliphatic heterocycles. The molecule has 14 nitrogen and oxygen atoms in total. The summed E-state index contributed by atoms with van der Waals surface area (Å²) in [5.41, 5.74) is 3.14. The number of aromatic nitrogens is 2. The third-order valence-corrected chi connectivity index (χ3v) is 9.71. The second-order valence-electron chi connectivity index (χ2n) is 13.4. The first-order chi connectivity index (χ1) is 25.9. The summed E-state index contributed by atoms with van der Waals surface area (Å²) in [5.74, 6) is 0.348. The number of benzene rings is 2. The maximum absolute atomic E-state index is 13.9. The second kappa shape index (κ2) is 21.2. The Labute approximate surface area is 312 Å². The summed E-state index contributed by atoms with van der Waals surface area (Å²) >= 11 is 0. The van der Waals surface area contributed by atoms with Gasteiger partial charge in [0.15, 0.2) is 0 Å². The van der Waals surface area contributed by atoms with E-state index in [9.17, 15) is 14.4 Å². The minimum Gasteiger partial charge on any atom is -0.378 e. The lowest BCUT2D eigenvalue weighted by Crippen LogP contribution is -2.46. The third kappa shape index (κ3) is 11.9. The highest BCUT2D eigenvalue weighted by Gasteiger charge is 2.25. The summed E-state index contributed by atoms with van der Waals surface area (Å²) in [6.07, 6.45) is 0.648. The van der Waals surface area contributed by atoms with Gasteiger partial charge in [-0.2, -0.15) is 0 Å². The van der Waals surface area contributed by atoms with Crippen LogP contribution in [0.4, 0.5) is 5.69 Å². The van der Waals surface area contributed by atoms with Crippen LogP contribution < -0.4 is 10.9 Å². The predicted octanol–water partition coefficient (Wildman–Crippen LogP) is 2.47. The first-order valence-electron chi connectivity index (χ1n) is 18.8. The molecule has 1 N–H and O–H groups in total. The van der Waals surface area contributed by atoms with Crippen LogP contribution >= 0.6 is 0 Å². The lowest BCUT2D eigenvalue weighted by Gasteiger charge is -2.30. The van der Waals surface area contributed by atoms with Gasteiger partial charge in [-0.05, 0) is 43.5 Å². The Bertz CT molecular complexity index is 1660. The van der Waals surface area contributed by atoms with Crippen LogP contribution in [0.1, 0.15) is 30.3 Å². The van der Waals surface area contributed by atoms with Gasteiger partial charge in [-0.3, -0.25) is 28.8 Å². The monoisotopic (exact) mass is 736 g/mol. The van der Waals surface area contributed by atoms with E-state index in [0.29, 0.717) is 135 Å². The van der Waals surface area contributed by atoms with Crippen molar-refractivity contribution >= 4 is 28.4 Å². The number of nitrogens with zero attached hydrogens (tertiary/aromatic N) is 5. The molecule has 53 heavy (non-hydrogen) atoms. The molecular weight excluding hydrogens is 680 g/mol. The molecule has 2 saturated heterocycles. The molecule has 1 aromatic heterocycles. The van der Waals surface area contributed by atoms with E-state index in [2.05, 4.69) is 15.1 Å². The SMILES string of the molecule is CC[C@@H](C(=O)Nc1ccccc1C)N1CCOCCOCCN(Cc2nc3c(C)cccc3c(=O)n2CC(=O)N2CCOCC2)CCOCCOCC1. The van der Waals surface area contributed by atoms with Gasteiger partial charge < -0.3 is 33.9 Å². The van der Waals surface area contributed by atoms with Gasteiger partial charge in [0.1, 0.15) is 12.4 Å². The Kier molecular flexibility index (Phi) is 16.2. The predicted molar refractivity (Wildman–Crippen MR) is 202 cm³/mol. The quantitative estimate of drug-likeness (QED) is 0.366. The zero-order valence-electron chi connectivity index (χ0n) is 31.6. The van der Waals surface area contributed by atoms with Gasteiger partial charge in [0, 0.05) is 45.0 Å². The largest absolute Gasteiger partial charge is 0.378 e. The zero-order chi connectivity index (χ0) is 37.4. The van der Waals surface area contributed by atoms with Gasteiger partial charge >= 0.3 is 0 Å². The van der Waals surface area contributed by atoms with Crippen LogP contribution in [0.2, 0.25) is 0 Å². The lowest BCUT2D eigenvalue weighted by atomic mass is 10.1. The van der Waals surface area contributed by atoms with E-state index in [-0.39, 0.29) is 30.0 Å². The van der Waals surface area contributed by atoms with Gasteiger partial charge in [-0.1, -0.05) is 37.3 Å². The molecule has 0 aliphatic carbocycles. The number of morpholine rings is 1. The Morgan fingerprint density at radius 3 is 1.92 bits per heavy atom. The molecule has 0 saturated carbocycles. The van der Waals surface area contributed by atoms with Crippen molar-refractivity contribution in [2.75, 3.05) is 111 Å². The number of hydrogen-bond donors (Lipinski definition) is 1. The number of carbonyl (C=O) groups excluding carboxylic acids is 2. The van der Waals surface area contributed by atoms with Crippen molar-refractivity contribution in [2.45, 2.75) is 46.3 Å². The molecule has 2 aromatic carbocycles. The molecule has 2 fully saturated rings. The van der Waals surface area contributed by atoms with Crippen molar-refractivity contribution in [2.24, 2.45) is 0 Å². The third-order valence-electron chi connectivity index (χ3n) is 9.71. The molecule has 0 spiro atoms. The summed E-state index contributed by atoms with van der Waals surface area (Å²) in [4.78, 5) is 51.5. The Hall–Kier alpha value is -3.76. The molecule has 3 aromatic rings. The van der Waals surface area contributed by atoms with Crippen LogP contribution in [0.3, 0.4) is 0 Å². The van der Waals surface area contributed by atoms with Crippen molar-refractivity contribution in [1.29, 1.82) is 0 Å². The average Bonchev–Trinajstić information content (AvgIpc) is 3.16. The number of carbonyl (C=O) groups is 2. The topological polar surface area (TPSA) is 137 Å². The first-order valence-corrected chi connectivity index (χ1v) is 18.8. The number of para-hydroxylation sites is 2. The molecular formula is C39H56N6O8.